The molecule has 1 amide bonds. The highest BCUT2D eigenvalue weighted by Crippen LogP contribution is 2.27. The van der Waals surface area contributed by atoms with E-state index in [1.54, 1.807) is 24.3 Å². The zero-order chi connectivity index (χ0) is 15.3. The van der Waals surface area contributed by atoms with E-state index >= 15 is 0 Å². The first-order chi connectivity index (χ1) is 9.98. The van der Waals surface area contributed by atoms with E-state index in [-0.39, 0.29) is 18.3 Å². The lowest BCUT2D eigenvalue weighted by Crippen LogP contribution is -2.38. The zero-order valence-electron chi connectivity index (χ0n) is 11.4. The summed E-state index contributed by atoms with van der Waals surface area (Å²) in [5.74, 6) is -0.135. The van der Waals surface area contributed by atoms with Gasteiger partial charge in [-0.15, -0.1) is 0 Å². The number of rotatable bonds is 6. The van der Waals surface area contributed by atoms with E-state index in [1.807, 2.05) is 10.8 Å². The molecule has 0 aliphatic heterocycles. The van der Waals surface area contributed by atoms with Crippen LogP contribution in [0.3, 0.4) is 0 Å². The average Bonchev–Trinajstić information content (AvgIpc) is 2.41. The van der Waals surface area contributed by atoms with Crippen LogP contribution in [0.1, 0.15) is 24.8 Å². The third kappa shape index (κ3) is 4.76. The maximum Gasteiger partial charge on any atom is 0.271 e. The van der Waals surface area contributed by atoms with E-state index in [9.17, 15) is 13.2 Å². The van der Waals surface area contributed by atoms with Crippen molar-refractivity contribution in [2.24, 2.45) is 5.92 Å². The Labute approximate surface area is 123 Å². The first-order valence-corrected chi connectivity index (χ1v) is 8.30. The Morgan fingerprint density at radius 1 is 1.33 bits per heavy atom. The molecule has 7 heteroatoms. The Kier molecular flexibility index (Phi) is 4.81. The summed E-state index contributed by atoms with van der Waals surface area (Å²) in [5.41, 5.74) is 0.481. The first-order valence-electron chi connectivity index (χ1n) is 6.65. The van der Waals surface area contributed by atoms with Gasteiger partial charge in [-0.1, -0.05) is 6.42 Å². The van der Waals surface area contributed by atoms with Crippen molar-refractivity contribution in [3.05, 3.63) is 29.8 Å². The second kappa shape index (κ2) is 6.59. The van der Waals surface area contributed by atoms with Gasteiger partial charge >= 0.3 is 0 Å². The molecule has 0 aromatic heterocycles. The second-order valence-electron chi connectivity index (χ2n) is 5.03. The van der Waals surface area contributed by atoms with E-state index in [2.05, 4.69) is 0 Å². The highest BCUT2D eigenvalue weighted by atomic mass is 32.2. The minimum absolute atomic E-state index is 0.00436. The molecule has 1 aromatic carbocycles. The van der Waals surface area contributed by atoms with Crippen molar-refractivity contribution in [2.75, 3.05) is 12.4 Å². The van der Waals surface area contributed by atoms with Gasteiger partial charge in [0.15, 0.2) is 6.61 Å². The lowest BCUT2D eigenvalue weighted by molar-refractivity contribution is -0.121. The van der Waals surface area contributed by atoms with Crippen LogP contribution in [-0.2, 0) is 14.8 Å². The van der Waals surface area contributed by atoms with Crippen LogP contribution >= 0.6 is 0 Å². The fourth-order valence-electron chi connectivity index (χ4n) is 1.99. The molecule has 1 saturated carbocycles. The topological polar surface area (TPSA) is 96.3 Å². The normalized spacial score (nSPS) is 14.8. The van der Waals surface area contributed by atoms with E-state index in [4.69, 9.17) is 10.00 Å². The number of carbonyl (C=O) groups excluding carboxylic acids is 1. The lowest BCUT2D eigenvalue weighted by atomic mass is 9.87. The third-order valence-corrected chi connectivity index (χ3v) is 4.75. The third-order valence-electron chi connectivity index (χ3n) is 3.30. The fraction of sp³-hybridized carbons (Fsp3) is 0.429. The largest absolute Gasteiger partial charge is 0.484 e. The number of carbonyl (C=O) groups is 1. The fourth-order valence-corrected chi connectivity index (χ4v) is 3.43. The van der Waals surface area contributed by atoms with Crippen molar-refractivity contribution in [3.8, 4) is 11.8 Å². The van der Waals surface area contributed by atoms with Crippen LogP contribution in [-0.4, -0.2) is 26.7 Å². The van der Waals surface area contributed by atoms with Gasteiger partial charge in [0.2, 0.25) is 10.0 Å². The van der Waals surface area contributed by atoms with Gasteiger partial charge in [-0.3, -0.25) is 9.52 Å². The van der Waals surface area contributed by atoms with Gasteiger partial charge in [0.05, 0.1) is 17.4 Å². The van der Waals surface area contributed by atoms with Crippen LogP contribution in [0, 0.1) is 17.2 Å². The standard InChI is InChI=1S/C14H16N2O4S/c15-8-11-4-6-13(7-5-11)20-9-14(17)16-21(18,19)10-12-2-1-3-12/h4-7,12H,1-3,9-10H2,(H,16,17). The van der Waals surface area contributed by atoms with Crippen LogP contribution in [0.2, 0.25) is 0 Å². The van der Waals surface area contributed by atoms with Gasteiger partial charge in [0, 0.05) is 0 Å². The molecule has 0 spiro atoms. The van der Waals surface area contributed by atoms with Gasteiger partial charge < -0.3 is 4.74 Å². The van der Waals surface area contributed by atoms with Crippen LogP contribution < -0.4 is 9.46 Å². The number of hydrogen-bond donors (Lipinski definition) is 1. The maximum atomic E-state index is 11.7. The molecule has 21 heavy (non-hydrogen) atoms. The molecule has 1 aromatic rings. The highest BCUT2D eigenvalue weighted by molar-refractivity contribution is 7.90. The molecule has 2 rings (SSSR count). The predicted octanol–water partition coefficient (Wildman–Crippen LogP) is 1.18. The molecule has 6 nitrogen and oxygen atoms in total. The van der Waals surface area contributed by atoms with Crippen LogP contribution in [0.15, 0.2) is 24.3 Å². The molecular weight excluding hydrogens is 292 g/mol. The quantitative estimate of drug-likeness (QED) is 0.851. The van der Waals surface area contributed by atoms with Crippen molar-refractivity contribution >= 4 is 15.9 Å². The van der Waals surface area contributed by atoms with E-state index in [1.165, 1.54) is 0 Å². The van der Waals surface area contributed by atoms with Crippen molar-refractivity contribution in [2.45, 2.75) is 19.3 Å². The number of nitriles is 1. The molecule has 0 heterocycles. The maximum absolute atomic E-state index is 11.7. The van der Waals surface area contributed by atoms with Gasteiger partial charge in [-0.25, -0.2) is 8.42 Å². The SMILES string of the molecule is N#Cc1ccc(OCC(=O)NS(=O)(=O)CC2CCC2)cc1. The second-order valence-corrected chi connectivity index (χ2v) is 6.80. The van der Waals surface area contributed by atoms with Gasteiger partial charge in [-0.2, -0.15) is 5.26 Å². The number of hydrogen-bond acceptors (Lipinski definition) is 5. The van der Waals surface area contributed by atoms with Crippen molar-refractivity contribution < 1.29 is 17.9 Å². The van der Waals surface area contributed by atoms with Gasteiger partial charge in [-0.05, 0) is 43.0 Å². The summed E-state index contributed by atoms with van der Waals surface area (Å²) in [4.78, 5) is 11.6. The van der Waals surface area contributed by atoms with E-state index in [0.29, 0.717) is 11.3 Å². The number of ether oxygens (including phenoxy) is 1. The average molecular weight is 308 g/mol. The minimum Gasteiger partial charge on any atom is -0.484 e. The predicted molar refractivity (Wildman–Crippen MR) is 75.9 cm³/mol. The van der Waals surface area contributed by atoms with Crippen LogP contribution in [0.25, 0.3) is 0 Å². The summed E-state index contributed by atoms with van der Waals surface area (Å²) in [6.45, 7) is -0.379. The number of nitrogens with zero attached hydrogens (tertiary/aromatic N) is 1. The summed E-state index contributed by atoms with van der Waals surface area (Å²) < 4.78 is 30.6. The summed E-state index contributed by atoms with van der Waals surface area (Å²) in [5, 5.41) is 8.65. The number of amides is 1. The summed E-state index contributed by atoms with van der Waals surface area (Å²) in [6, 6.07) is 8.18. The smallest absolute Gasteiger partial charge is 0.271 e. The highest BCUT2D eigenvalue weighted by Gasteiger charge is 2.25. The molecule has 1 aliphatic carbocycles. The number of benzene rings is 1. The first kappa shape index (κ1) is 15.3. The van der Waals surface area contributed by atoms with Gasteiger partial charge in [0.1, 0.15) is 5.75 Å². The molecular formula is C14H16N2O4S. The summed E-state index contributed by atoms with van der Waals surface area (Å²) >= 11 is 0. The molecule has 0 atom stereocenters. The molecule has 1 fully saturated rings. The number of nitrogens with one attached hydrogen (secondary N) is 1. The lowest BCUT2D eigenvalue weighted by Gasteiger charge is -2.24. The molecule has 0 radical (unpaired) electrons. The number of sulfonamides is 1. The Morgan fingerprint density at radius 3 is 2.52 bits per heavy atom. The summed E-state index contributed by atoms with van der Waals surface area (Å²) in [6.07, 6.45) is 2.85. The molecule has 0 bridgehead atoms. The van der Waals surface area contributed by atoms with Crippen LogP contribution in [0.5, 0.6) is 5.75 Å². The molecule has 0 saturated heterocycles. The molecule has 112 valence electrons. The van der Waals surface area contributed by atoms with E-state index < -0.39 is 15.9 Å². The zero-order valence-corrected chi connectivity index (χ0v) is 12.2. The monoisotopic (exact) mass is 308 g/mol. The van der Waals surface area contributed by atoms with E-state index in [0.717, 1.165) is 19.3 Å². The molecule has 1 aliphatic rings. The van der Waals surface area contributed by atoms with Crippen molar-refractivity contribution in [1.82, 2.24) is 4.72 Å². The minimum atomic E-state index is -3.58. The Bertz CT molecular complexity index is 643. The van der Waals surface area contributed by atoms with Crippen molar-refractivity contribution in [3.63, 3.8) is 0 Å². The Balaban J connectivity index is 1.79. The van der Waals surface area contributed by atoms with Crippen LogP contribution in [0.4, 0.5) is 0 Å². The molecule has 1 N–H and O–H groups in total. The molecule has 0 unspecified atom stereocenters. The Morgan fingerprint density at radius 2 is 2.00 bits per heavy atom. The van der Waals surface area contributed by atoms with Gasteiger partial charge in [0.25, 0.3) is 5.91 Å². The summed E-state index contributed by atoms with van der Waals surface area (Å²) in [7, 11) is -3.58. The van der Waals surface area contributed by atoms with Crippen molar-refractivity contribution in [1.29, 1.82) is 5.26 Å². The Hall–Kier alpha value is -2.07.